The molecule has 1 aliphatic heterocycles. The Bertz CT molecular complexity index is 804. The molecule has 6 heteroatoms. The number of carbonyl (C=O) groups excluding carboxylic acids is 1. The van der Waals surface area contributed by atoms with Crippen LogP contribution < -0.4 is 5.32 Å². The van der Waals surface area contributed by atoms with Crippen LogP contribution in [-0.4, -0.2) is 59.3 Å². The summed E-state index contributed by atoms with van der Waals surface area (Å²) in [6, 6.07) is 15.9. The fourth-order valence-corrected chi connectivity index (χ4v) is 3.32. The van der Waals surface area contributed by atoms with Gasteiger partial charge in [-0.1, -0.05) is 45.0 Å². The van der Waals surface area contributed by atoms with Crippen LogP contribution in [0.15, 0.2) is 48.5 Å². The highest BCUT2D eigenvalue weighted by atomic mass is 16.5. The van der Waals surface area contributed by atoms with E-state index in [-0.39, 0.29) is 18.0 Å². The van der Waals surface area contributed by atoms with Crippen LogP contribution in [0.3, 0.4) is 0 Å². The van der Waals surface area contributed by atoms with Crippen LogP contribution in [0.5, 0.6) is 0 Å². The van der Waals surface area contributed by atoms with Crippen molar-refractivity contribution in [2.24, 2.45) is 0 Å². The Kier molecular flexibility index (Phi) is 6.45. The summed E-state index contributed by atoms with van der Waals surface area (Å²) in [6.45, 7) is 9.72. The number of amides is 2. The molecule has 2 aromatic rings. The van der Waals surface area contributed by atoms with Crippen LogP contribution in [0.4, 0.5) is 16.2 Å². The number of carbonyl (C=O) groups is 1. The first-order valence-electron chi connectivity index (χ1n) is 10.1. The van der Waals surface area contributed by atoms with Gasteiger partial charge >= 0.3 is 6.03 Å². The van der Waals surface area contributed by atoms with Gasteiger partial charge in [0.25, 0.3) is 0 Å². The van der Waals surface area contributed by atoms with Crippen molar-refractivity contribution in [1.29, 1.82) is 0 Å². The Labute approximate surface area is 173 Å². The smallest absolute Gasteiger partial charge is 0.344 e. The van der Waals surface area contributed by atoms with Crippen molar-refractivity contribution < 1.29 is 10.0 Å². The maximum atomic E-state index is 12.4. The Morgan fingerprint density at radius 1 is 0.966 bits per heavy atom. The Balaban J connectivity index is 1.55. The van der Waals surface area contributed by atoms with Crippen LogP contribution in [0.1, 0.15) is 31.9 Å². The normalized spacial score (nSPS) is 15.3. The van der Waals surface area contributed by atoms with Gasteiger partial charge in [-0.25, -0.2) is 9.86 Å². The highest BCUT2D eigenvalue weighted by molar-refractivity contribution is 5.73. The van der Waals surface area contributed by atoms with Crippen molar-refractivity contribution in [3.05, 3.63) is 59.7 Å². The quantitative estimate of drug-likeness (QED) is 0.598. The lowest BCUT2D eigenvalue weighted by Gasteiger charge is -2.34. The van der Waals surface area contributed by atoms with Gasteiger partial charge in [0.05, 0.1) is 6.54 Å². The molecule has 3 rings (SSSR count). The Hall–Kier alpha value is -2.57. The summed E-state index contributed by atoms with van der Waals surface area (Å²) in [5, 5.41) is 14.4. The van der Waals surface area contributed by atoms with E-state index >= 15 is 0 Å². The molecule has 1 heterocycles. The molecule has 0 radical (unpaired) electrons. The first-order chi connectivity index (χ1) is 13.7. The zero-order chi connectivity index (χ0) is 21.0. The van der Waals surface area contributed by atoms with Gasteiger partial charge in [-0.2, -0.15) is 0 Å². The molecule has 0 atom stereocenters. The number of nitrogens with zero attached hydrogens (tertiary/aromatic N) is 3. The number of piperazine rings is 1. The summed E-state index contributed by atoms with van der Waals surface area (Å²) in [5.41, 5.74) is 4.31. The standard InChI is InChI=1S/C23H32N4O2/c1-23(2,3)19-7-11-21(12-8-19)24-20-9-5-18(6-10-20)17-27(29)22(28)26-15-13-25(4)14-16-26/h5-12,24,29H,13-17H2,1-4H3. The fourth-order valence-electron chi connectivity index (χ4n) is 3.32. The second-order valence-corrected chi connectivity index (χ2v) is 8.78. The Morgan fingerprint density at radius 3 is 2.00 bits per heavy atom. The van der Waals surface area contributed by atoms with E-state index in [9.17, 15) is 10.0 Å². The number of anilines is 2. The van der Waals surface area contributed by atoms with Crippen molar-refractivity contribution in [3.63, 3.8) is 0 Å². The summed E-state index contributed by atoms with van der Waals surface area (Å²) in [7, 11) is 2.03. The average molecular weight is 397 g/mol. The second kappa shape index (κ2) is 8.84. The summed E-state index contributed by atoms with van der Waals surface area (Å²) in [4.78, 5) is 16.3. The monoisotopic (exact) mass is 396 g/mol. The molecule has 1 fully saturated rings. The van der Waals surface area contributed by atoms with E-state index in [0.29, 0.717) is 13.1 Å². The van der Waals surface area contributed by atoms with Gasteiger partial charge in [-0.15, -0.1) is 0 Å². The molecule has 0 aliphatic carbocycles. The number of hydrogen-bond donors (Lipinski definition) is 2. The zero-order valence-corrected chi connectivity index (χ0v) is 17.9. The van der Waals surface area contributed by atoms with E-state index in [0.717, 1.165) is 35.1 Å². The zero-order valence-electron chi connectivity index (χ0n) is 17.9. The molecule has 0 unspecified atom stereocenters. The van der Waals surface area contributed by atoms with Crippen molar-refractivity contribution in [2.45, 2.75) is 32.7 Å². The van der Waals surface area contributed by atoms with Gasteiger partial charge in [-0.05, 0) is 47.9 Å². The largest absolute Gasteiger partial charge is 0.356 e. The van der Waals surface area contributed by atoms with Gasteiger partial charge in [0.15, 0.2) is 0 Å². The van der Waals surface area contributed by atoms with Crippen LogP contribution in [-0.2, 0) is 12.0 Å². The van der Waals surface area contributed by atoms with Gasteiger partial charge in [-0.3, -0.25) is 5.21 Å². The predicted octanol–water partition coefficient (Wildman–Crippen LogP) is 4.29. The number of hydrogen-bond acceptors (Lipinski definition) is 4. The van der Waals surface area contributed by atoms with Gasteiger partial charge in [0, 0.05) is 37.6 Å². The SMILES string of the molecule is CN1CCN(C(=O)N(O)Cc2ccc(Nc3ccc(C(C)(C)C)cc3)cc2)CC1. The number of nitrogens with one attached hydrogen (secondary N) is 1. The first kappa shape index (κ1) is 21.1. The third-order valence-electron chi connectivity index (χ3n) is 5.32. The molecule has 1 saturated heterocycles. The first-order valence-corrected chi connectivity index (χ1v) is 10.1. The van der Waals surface area contributed by atoms with Crippen molar-refractivity contribution in [2.75, 3.05) is 38.5 Å². The third-order valence-corrected chi connectivity index (χ3v) is 5.32. The second-order valence-electron chi connectivity index (χ2n) is 8.78. The number of likely N-dealkylation sites (N-methyl/N-ethyl adjacent to an activating group) is 1. The molecule has 1 aliphatic rings. The molecule has 0 bridgehead atoms. The van der Waals surface area contributed by atoms with Gasteiger partial charge in [0.1, 0.15) is 0 Å². The number of benzene rings is 2. The molecule has 156 valence electrons. The molecule has 2 aromatic carbocycles. The minimum atomic E-state index is -0.334. The molecule has 29 heavy (non-hydrogen) atoms. The molecule has 0 aromatic heterocycles. The lowest BCUT2D eigenvalue weighted by atomic mass is 9.87. The molecule has 6 nitrogen and oxygen atoms in total. The van der Waals surface area contributed by atoms with Crippen molar-refractivity contribution in [3.8, 4) is 0 Å². The van der Waals surface area contributed by atoms with Crippen molar-refractivity contribution in [1.82, 2.24) is 14.9 Å². The molecule has 0 saturated carbocycles. The number of hydroxylamine groups is 2. The van der Waals surface area contributed by atoms with E-state index in [4.69, 9.17) is 0 Å². The molecule has 0 spiro atoms. The fraction of sp³-hybridized carbons (Fsp3) is 0.435. The average Bonchev–Trinajstić information content (AvgIpc) is 2.69. The van der Waals surface area contributed by atoms with Crippen LogP contribution in [0.2, 0.25) is 0 Å². The van der Waals surface area contributed by atoms with Gasteiger partial charge in [0.2, 0.25) is 0 Å². The van der Waals surface area contributed by atoms with Crippen LogP contribution in [0, 0.1) is 0 Å². The number of urea groups is 1. The van der Waals surface area contributed by atoms with E-state index < -0.39 is 0 Å². The van der Waals surface area contributed by atoms with Gasteiger partial charge < -0.3 is 15.1 Å². The summed E-state index contributed by atoms with van der Waals surface area (Å²) >= 11 is 0. The molecule has 2 amide bonds. The lowest BCUT2D eigenvalue weighted by molar-refractivity contribution is -0.0668. The molecular formula is C23H32N4O2. The minimum Gasteiger partial charge on any atom is -0.356 e. The Morgan fingerprint density at radius 2 is 1.48 bits per heavy atom. The van der Waals surface area contributed by atoms with Crippen LogP contribution >= 0.6 is 0 Å². The summed E-state index contributed by atoms with van der Waals surface area (Å²) in [6.07, 6.45) is 0. The minimum absolute atomic E-state index is 0.137. The topological polar surface area (TPSA) is 59.0 Å². The van der Waals surface area contributed by atoms with E-state index in [1.54, 1.807) is 4.90 Å². The highest BCUT2D eigenvalue weighted by Gasteiger charge is 2.23. The van der Waals surface area contributed by atoms with Crippen molar-refractivity contribution >= 4 is 17.4 Å². The summed E-state index contributed by atoms with van der Waals surface area (Å²) in [5.74, 6) is 0. The highest BCUT2D eigenvalue weighted by Crippen LogP contribution is 2.25. The molecular weight excluding hydrogens is 364 g/mol. The number of rotatable bonds is 4. The lowest BCUT2D eigenvalue weighted by Crippen LogP contribution is -2.51. The predicted molar refractivity (Wildman–Crippen MR) is 117 cm³/mol. The third kappa shape index (κ3) is 5.71. The van der Waals surface area contributed by atoms with E-state index in [2.05, 4.69) is 55.3 Å². The summed E-state index contributed by atoms with van der Waals surface area (Å²) < 4.78 is 0. The van der Waals surface area contributed by atoms with E-state index in [1.807, 2.05) is 31.3 Å². The van der Waals surface area contributed by atoms with Crippen LogP contribution in [0.25, 0.3) is 0 Å². The molecule has 2 N–H and O–H groups in total. The maximum Gasteiger partial charge on any atom is 0.344 e. The maximum absolute atomic E-state index is 12.4. The van der Waals surface area contributed by atoms with E-state index in [1.165, 1.54) is 5.56 Å².